The summed E-state index contributed by atoms with van der Waals surface area (Å²) in [6, 6.07) is 8.50. The fourth-order valence-corrected chi connectivity index (χ4v) is 3.55. The average molecular weight is 450 g/mol. The van der Waals surface area contributed by atoms with Crippen LogP contribution < -0.4 is 4.74 Å². The minimum atomic E-state index is -4.43. The molecule has 0 spiro atoms. The highest BCUT2D eigenvalue weighted by Gasteiger charge is 2.33. The summed E-state index contributed by atoms with van der Waals surface area (Å²) in [5.41, 5.74) is 1.57. The number of hydrogen-bond donors (Lipinski definition) is 0. The zero-order valence-corrected chi connectivity index (χ0v) is 19.0. The van der Waals surface area contributed by atoms with Crippen LogP contribution in [0.3, 0.4) is 0 Å². The molecular weight excluding hydrogens is 418 g/mol. The molecule has 0 aliphatic rings. The van der Waals surface area contributed by atoms with Crippen molar-refractivity contribution in [1.82, 2.24) is 0 Å². The van der Waals surface area contributed by atoms with Crippen LogP contribution in [0.25, 0.3) is 5.57 Å². The SMILES string of the molecule is C=C(C/N=C(\C)c1cc(F)ccc1OC)c1ccc(CCCCCCC)c(C(F)(F)F)c1. The van der Waals surface area contributed by atoms with Gasteiger partial charge in [0.2, 0.25) is 0 Å². The highest BCUT2D eigenvalue weighted by atomic mass is 19.4. The van der Waals surface area contributed by atoms with Gasteiger partial charge in [0.1, 0.15) is 11.6 Å². The van der Waals surface area contributed by atoms with E-state index in [4.69, 9.17) is 4.74 Å². The Morgan fingerprint density at radius 2 is 1.75 bits per heavy atom. The molecule has 32 heavy (non-hydrogen) atoms. The predicted octanol–water partition coefficient (Wildman–Crippen LogP) is 7.89. The van der Waals surface area contributed by atoms with Crippen molar-refractivity contribution in [3.63, 3.8) is 0 Å². The van der Waals surface area contributed by atoms with Gasteiger partial charge in [-0.25, -0.2) is 4.39 Å². The summed E-state index contributed by atoms with van der Waals surface area (Å²) < 4.78 is 59.9. The third-order valence-corrected chi connectivity index (χ3v) is 5.43. The van der Waals surface area contributed by atoms with Gasteiger partial charge in [-0.1, -0.05) is 51.3 Å². The molecule has 0 radical (unpaired) electrons. The Labute approximate surface area is 188 Å². The molecule has 174 valence electrons. The Kier molecular flexibility index (Phi) is 9.48. The molecule has 0 bridgehead atoms. The van der Waals surface area contributed by atoms with E-state index in [1.165, 1.54) is 25.3 Å². The van der Waals surface area contributed by atoms with Gasteiger partial charge in [0.25, 0.3) is 0 Å². The number of halogens is 4. The van der Waals surface area contributed by atoms with Gasteiger partial charge < -0.3 is 4.74 Å². The summed E-state index contributed by atoms with van der Waals surface area (Å²) in [6.45, 7) is 7.82. The molecule has 0 N–H and O–H groups in total. The summed E-state index contributed by atoms with van der Waals surface area (Å²) in [6.07, 6.45) is 0.885. The lowest BCUT2D eigenvalue weighted by Gasteiger charge is -2.15. The Morgan fingerprint density at radius 1 is 1.03 bits per heavy atom. The zero-order chi connectivity index (χ0) is 23.7. The molecule has 2 aromatic carbocycles. The largest absolute Gasteiger partial charge is 0.496 e. The molecule has 2 nitrogen and oxygen atoms in total. The summed E-state index contributed by atoms with van der Waals surface area (Å²) in [5.74, 6) is 0.0511. The van der Waals surface area contributed by atoms with Gasteiger partial charge in [0, 0.05) is 11.3 Å². The lowest BCUT2D eigenvalue weighted by atomic mass is 9.95. The normalized spacial score (nSPS) is 12.2. The third kappa shape index (κ3) is 7.21. The molecule has 0 fully saturated rings. The van der Waals surface area contributed by atoms with E-state index < -0.39 is 17.6 Å². The van der Waals surface area contributed by atoms with Crippen molar-refractivity contribution in [1.29, 1.82) is 0 Å². The van der Waals surface area contributed by atoms with Gasteiger partial charge in [-0.2, -0.15) is 13.2 Å². The first kappa shape index (κ1) is 25.6. The number of nitrogens with zero attached hydrogens (tertiary/aromatic N) is 1. The molecule has 0 amide bonds. The minimum absolute atomic E-state index is 0.0964. The van der Waals surface area contributed by atoms with Crippen molar-refractivity contribution in [2.45, 2.75) is 58.5 Å². The summed E-state index contributed by atoms with van der Waals surface area (Å²) in [7, 11) is 1.48. The molecule has 0 atom stereocenters. The molecule has 6 heteroatoms. The fraction of sp³-hybridized carbons (Fsp3) is 0.423. The molecule has 0 aliphatic carbocycles. The molecule has 0 saturated heterocycles. The molecule has 0 aliphatic heterocycles. The van der Waals surface area contributed by atoms with Gasteiger partial charge in [-0.15, -0.1) is 0 Å². The second-order valence-electron chi connectivity index (χ2n) is 7.88. The lowest BCUT2D eigenvalue weighted by Crippen LogP contribution is -2.10. The number of hydrogen-bond acceptors (Lipinski definition) is 2. The molecule has 0 heterocycles. The van der Waals surface area contributed by atoms with E-state index in [0.717, 1.165) is 38.2 Å². The number of aliphatic imine (C=N–C) groups is 1. The van der Waals surface area contributed by atoms with Crippen LogP contribution in [0.4, 0.5) is 17.6 Å². The predicted molar refractivity (Wildman–Crippen MR) is 123 cm³/mol. The summed E-state index contributed by atoms with van der Waals surface area (Å²) in [4.78, 5) is 4.40. The van der Waals surface area contributed by atoms with Crippen LogP contribution in [0.5, 0.6) is 5.75 Å². The standard InChI is InChI=1S/C26H31F4NO/c1-5-6-7-8-9-10-20-11-12-21(15-24(20)26(28,29)30)18(2)17-31-19(3)23-16-22(27)13-14-25(23)32-4/h11-16H,2,5-10,17H2,1,3-4H3/b31-19+. The van der Waals surface area contributed by atoms with E-state index in [9.17, 15) is 17.6 Å². The Morgan fingerprint density at radius 3 is 2.41 bits per heavy atom. The van der Waals surface area contributed by atoms with E-state index >= 15 is 0 Å². The second kappa shape index (κ2) is 11.8. The highest BCUT2D eigenvalue weighted by molar-refractivity contribution is 6.01. The minimum Gasteiger partial charge on any atom is -0.496 e. The quantitative estimate of drug-likeness (QED) is 0.194. The van der Waals surface area contributed by atoms with E-state index in [0.29, 0.717) is 40.1 Å². The highest BCUT2D eigenvalue weighted by Crippen LogP contribution is 2.34. The smallest absolute Gasteiger partial charge is 0.416 e. The van der Waals surface area contributed by atoms with Gasteiger partial charge >= 0.3 is 6.18 Å². The first-order chi connectivity index (χ1) is 15.2. The van der Waals surface area contributed by atoms with Crippen LogP contribution in [0, 0.1) is 5.82 Å². The number of benzene rings is 2. The van der Waals surface area contributed by atoms with Crippen LogP contribution >= 0.6 is 0 Å². The van der Waals surface area contributed by atoms with Crippen molar-refractivity contribution in [2.24, 2.45) is 4.99 Å². The van der Waals surface area contributed by atoms with Crippen molar-refractivity contribution in [2.75, 3.05) is 13.7 Å². The van der Waals surface area contributed by atoms with Crippen LogP contribution in [0.1, 0.15) is 68.2 Å². The summed E-state index contributed by atoms with van der Waals surface area (Å²) in [5, 5.41) is 0. The van der Waals surface area contributed by atoms with E-state index in [2.05, 4.69) is 18.5 Å². The first-order valence-electron chi connectivity index (χ1n) is 10.9. The lowest BCUT2D eigenvalue weighted by molar-refractivity contribution is -0.138. The van der Waals surface area contributed by atoms with Crippen molar-refractivity contribution in [3.8, 4) is 5.75 Å². The third-order valence-electron chi connectivity index (χ3n) is 5.43. The number of rotatable bonds is 11. The number of unbranched alkanes of at least 4 members (excludes halogenated alkanes) is 4. The second-order valence-corrected chi connectivity index (χ2v) is 7.88. The fourth-order valence-electron chi connectivity index (χ4n) is 3.55. The first-order valence-corrected chi connectivity index (χ1v) is 10.9. The Bertz CT molecular complexity index is 947. The van der Waals surface area contributed by atoms with Crippen molar-refractivity contribution >= 4 is 11.3 Å². The van der Waals surface area contributed by atoms with Gasteiger partial charge in [-0.05, 0) is 60.7 Å². The molecule has 2 rings (SSSR count). The Balaban J connectivity index is 2.17. The maximum atomic E-state index is 13.7. The van der Waals surface area contributed by atoms with Crippen LogP contribution in [0.15, 0.2) is 48.0 Å². The molecule has 0 unspecified atom stereocenters. The molecule has 0 saturated carbocycles. The maximum absolute atomic E-state index is 13.7. The van der Waals surface area contributed by atoms with Gasteiger partial charge in [-0.3, -0.25) is 4.99 Å². The monoisotopic (exact) mass is 449 g/mol. The zero-order valence-electron chi connectivity index (χ0n) is 19.0. The molecular formula is C26H31F4NO. The van der Waals surface area contributed by atoms with Crippen LogP contribution in [-0.4, -0.2) is 19.4 Å². The van der Waals surface area contributed by atoms with Crippen LogP contribution in [0.2, 0.25) is 0 Å². The molecule has 0 aromatic heterocycles. The van der Waals surface area contributed by atoms with E-state index in [1.807, 2.05) is 0 Å². The Hall–Kier alpha value is -2.63. The average Bonchev–Trinajstić information content (AvgIpc) is 2.76. The molecule has 2 aromatic rings. The topological polar surface area (TPSA) is 21.6 Å². The number of ether oxygens (including phenoxy) is 1. The summed E-state index contributed by atoms with van der Waals surface area (Å²) >= 11 is 0. The van der Waals surface area contributed by atoms with Gasteiger partial charge in [0.15, 0.2) is 0 Å². The number of alkyl halides is 3. The van der Waals surface area contributed by atoms with E-state index in [1.54, 1.807) is 19.1 Å². The van der Waals surface area contributed by atoms with Crippen LogP contribution in [-0.2, 0) is 12.6 Å². The van der Waals surface area contributed by atoms with Crippen molar-refractivity contribution in [3.05, 3.63) is 71.0 Å². The number of aryl methyl sites for hydroxylation is 1. The maximum Gasteiger partial charge on any atom is 0.416 e. The number of methoxy groups -OCH3 is 1. The van der Waals surface area contributed by atoms with Gasteiger partial charge in [0.05, 0.1) is 19.2 Å². The van der Waals surface area contributed by atoms with E-state index in [-0.39, 0.29) is 6.54 Å². The van der Waals surface area contributed by atoms with Crippen molar-refractivity contribution < 1.29 is 22.3 Å².